The second-order valence-electron chi connectivity index (χ2n) is 6.84. The monoisotopic (exact) mass is 303 g/mol. The molecule has 2 aliphatic rings. The average molecular weight is 303 g/mol. The van der Waals surface area contributed by atoms with Gasteiger partial charge in [0, 0.05) is 31.4 Å². The Morgan fingerprint density at radius 3 is 2.64 bits per heavy atom. The topological polar surface area (TPSA) is 28.6 Å². The number of ether oxygens (including phenoxy) is 1. The van der Waals surface area contributed by atoms with Gasteiger partial charge in [0.25, 0.3) is 0 Å². The maximum atomic E-state index is 5.43. The molecule has 1 atom stereocenters. The fraction of sp³-hybridized carbons (Fsp3) is 0.722. The minimum Gasteiger partial charge on any atom is -0.378 e. The average Bonchev–Trinajstić information content (AvgIpc) is 2.55. The van der Waals surface area contributed by atoms with Crippen LogP contribution in [-0.2, 0) is 4.74 Å². The van der Waals surface area contributed by atoms with E-state index in [1.54, 1.807) is 0 Å². The zero-order valence-corrected chi connectivity index (χ0v) is 14.2. The summed E-state index contributed by atoms with van der Waals surface area (Å²) in [6.45, 7) is 11.6. The summed E-state index contributed by atoms with van der Waals surface area (Å²) in [5.41, 5.74) is 2.81. The zero-order chi connectivity index (χ0) is 15.5. The number of anilines is 1. The van der Waals surface area contributed by atoms with Gasteiger partial charge in [-0.2, -0.15) is 0 Å². The Labute approximate surface area is 134 Å². The molecule has 4 heteroatoms. The van der Waals surface area contributed by atoms with Crippen LogP contribution in [0.2, 0.25) is 0 Å². The first-order valence-electron chi connectivity index (χ1n) is 8.72. The van der Waals surface area contributed by atoms with Crippen LogP contribution in [-0.4, -0.2) is 48.8 Å². The highest BCUT2D eigenvalue weighted by Crippen LogP contribution is 2.34. The van der Waals surface area contributed by atoms with E-state index in [4.69, 9.17) is 9.72 Å². The zero-order valence-electron chi connectivity index (χ0n) is 14.2. The van der Waals surface area contributed by atoms with Gasteiger partial charge in [0.1, 0.15) is 5.82 Å². The molecule has 0 bridgehead atoms. The lowest BCUT2D eigenvalue weighted by Crippen LogP contribution is -2.39. The highest BCUT2D eigenvalue weighted by atomic mass is 16.5. The summed E-state index contributed by atoms with van der Waals surface area (Å²) in [5, 5.41) is 0. The van der Waals surface area contributed by atoms with Crippen molar-refractivity contribution >= 4 is 5.82 Å². The van der Waals surface area contributed by atoms with E-state index >= 15 is 0 Å². The fourth-order valence-corrected chi connectivity index (χ4v) is 3.77. The lowest BCUT2D eigenvalue weighted by Gasteiger charge is -2.39. The van der Waals surface area contributed by atoms with E-state index in [1.807, 2.05) is 0 Å². The van der Waals surface area contributed by atoms with E-state index in [2.05, 4.69) is 42.8 Å². The first-order chi connectivity index (χ1) is 10.7. The van der Waals surface area contributed by atoms with Crippen LogP contribution in [0.4, 0.5) is 5.82 Å². The summed E-state index contributed by atoms with van der Waals surface area (Å²) in [6, 6.07) is 3.41. The summed E-state index contributed by atoms with van der Waals surface area (Å²) in [6.07, 6.45) is 6.05. The van der Waals surface area contributed by atoms with Gasteiger partial charge < -0.3 is 9.64 Å². The van der Waals surface area contributed by atoms with Crippen molar-refractivity contribution in [3.63, 3.8) is 0 Å². The maximum absolute atomic E-state index is 5.43. The van der Waals surface area contributed by atoms with Gasteiger partial charge in [0.05, 0.1) is 13.2 Å². The largest absolute Gasteiger partial charge is 0.378 e. The van der Waals surface area contributed by atoms with E-state index < -0.39 is 0 Å². The van der Waals surface area contributed by atoms with Gasteiger partial charge in [0.15, 0.2) is 0 Å². The van der Waals surface area contributed by atoms with Crippen molar-refractivity contribution < 1.29 is 4.74 Å². The molecule has 22 heavy (non-hydrogen) atoms. The van der Waals surface area contributed by atoms with Crippen molar-refractivity contribution in [2.75, 3.05) is 37.7 Å². The highest BCUT2D eigenvalue weighted by Gasteiger charge is 2.27. The van der Waals surface area contributed by atoms with Crippen LogP contribution >= 0.6 is 0 Å². The number of hydrogen-bond acceptors (Lipinski definition) is 4. The summed E-state index contributed by atoms with van der Waals surface area (Å²) >= 11 is 0. The molecule has 3 heterocycles. The van der Waals surface area contributed by atoms with Crippen molar-refractivity contribution in [1.82, 2.24) is 9.88 Å². The number of pyridine rings is 1. The van der Waals surface area contributed by atoms with E-state index in [9.17, 15) is 0 Å². The van der Waals surface area contributed by atoms with Crippen molar-refractivity contribution in [3.8, 4) is 0 Å². The summed E-state index contributed by atoms with van der Waals surface area (Å²) in [7, 11) is 0. The number of nitrogens with zero attached hydrogens (tertiary/aromatic N) is 3. The number of hydrogen-bond donors (Lipinski definition) is 0. The predicted octanol–water partition coefficient (Wildman–Crippen LogP) is 3.16. The second kappa shape index (κ2) is 6.97. The van der Waals surface area contributed by atoms with E-state index in [-0.39, 0.29) is 0 Å². The van der Waals surface area contributed by atoms with Gasteiger partial charge >= 0.3 is 0 Å². The third kappa shape index (κ3) is 3.28. The van der Waals surface area contributed by atoms with Gasteiger partial charge in [0.2, 0.25) is 0 Å². The standard InChI is InChI=1S/C18H29N3O/c1-14(2)21-7-5-4-6-17(21)16-13-19-18(12-15(16)3)20-8-10-22-11-9-20/h12-14,17H,4-11H2,1-3H3. The molecule has 3 rings (SSSR count). The van der Waals surface area contributed by atoms with Gasteiger partial charge in [-0.05, 0) is 57.4 Å². The summed E-state index contributed by atoms with van der Waals surface area (Å²) in [5.74, 6) is 1.11. The Hall–Kier alpha value is -1.13. The van der Waals surface area contributed by atoms with Gasteiger partial charge in [-0.1, -0.05) is 6.42 Å². The van der Waals surface area contributed by atoms with Crippen molar-refractivity contribution in [2.24, 2.45) is 0 Å². The predicted molar refractivity (Wildman–Crippen MR) is 90.4 cm³/mol. The second-order valence-corrected chi connectivity index (χ2v) is 6.84. The Kier molecular flexibility index (Phi) is 4.99. The van der Waals surface area contributed by atoms with E-state index in [1.165, 1.54) is 36.9 Å². The molecule has 0 spiro atoms. The highest BCUT2D eigenvalue weighted by molar-refractivity contribution is 5.44. The van der Waals surface area contributed by atoms with Crippen LogP contribution in [0.3, 0.4) is 0 Å². The molecule has 0 aliphatic carbocycles. The van der Waals surface area contributed by atoms with Crippen LogP contribution in [0.15, 0.2) is 12.3 Å². The molecule has 1 aromatic rings. The van der Waals surface area contributed by atoms with E-state index in [0.717, 1.165) is 32.1 Å². The summed E-state index contributed by atoms with van der Waals surface area (Å²) in [4.78, 5) is 9.75. The van der Waals surface area contributed by atoms with Crippen LogP contribution < -0.4 is 4.90 Å². The first-order valence-corrected chi connectivity index (χ1v) is 8.72. The number of piperidine rings is 1. The Bertz CT molecular complexity index is 497. The third-order valence-corrected chi connectivity index (χ3v) is 5.04. The van der Waals surface area contributed by atoms with Crippen LogP contribution in [0.5, 0.6) is 0 Å². The molecule has 122 valence electrons. The number of rotatable bonds is 3. The van der Waals surface area contributed by atoms with Crippen LogP contribution in [0, 0.1) is 6.92 Å². The molecule has 0 radical (unpaired) electrons. The molecular formula is C18H29N3O. The number of morpholine rings is 1. The molecule has 2 saturated heterocycles. The minimum absolute atomic E-state index is 0.542. The molecule has 0 amide bonds. The molecule has 1 unspecified atom stereocenters. The molecule has 0 aromatic carbocycles. The molecule has 0 saturated carbocycles. The maximum Gasteiger partial charge on any atom is 0.128 e. The lowest BCUT2D eigenvalue weighted by molar-refractivity contribution is 0.111. The molecule has 1 aromatic heterocycles. The van der Waals surface area contributed by atoms with Crippen molar-refractivity contribution in [1.29, 1.82) is 0 Å². The van der Waals surface area contributed by atoms with Gasteiger partial charge in [-0.25, -0.2) is 4.98 Å². The van der Waals surface area contributed by atoms with Gasteiger partial charge in [-0.15, -0.1) is 0 Å². The molecule has 0 N–H and O–H groups in total. The number of aromatic nitrogens is 1. The number of aryl methyl sites for hydroxylation is 1. The van der Waals surface area contributed by atoms with E-state index in [0.29, 0.717) is 12.1 Å². The smallest absolute Gasteiger partial charge is 0.128 e. The molecule has 2 fully saturated rings. The third-order valence-electron chi connectivity index (χ3n) is 5.04. The quantitative estimate of drug-likeness (QED) is 0.857. The summed E-state index contributed by atoms with van der Waals surface area (Å²) < 4.78 is 5.43. The SMILES string of the molecule is Cc1cc(N2CCOCC2)ncc1C1CCCCN1C(C)C. The Morgan fingerprint density at radius 1 is 1.18 bits per heavy atom. The van der Waals surface area contributed by atoms with Crippen LogP contribution in [0.25, 0.3) is 0 Å². The van der Waals surface area contributed by atoms with Crippen molar-refractivity contribution in [3.05, 3.63) is 23.4 Å². The molecular weight excluding hydrogens is 274 g/mol. The van der Waals surface area contributed by atoms with Crippen molar-refractivity contribution in [2.45, 2.75) is 52.1 Å². The first kappa shape index (κ1) is 15.8. The molecule has 2 aliphatic heterocycles. The Balaban J connectivity index is 1.81. The Morgan fingerprint density at radius 2 is 1.95 bits per heavy atom. The number of likely N-dealkylation sites (tertiary alicyclic amines) is 1. The minimum atomic E-state index is 0.542. The van der Waals surface area contributed by atoms with Gasteiger partial charge in [-0.3, -0.25) is 4.90 Å². The lowest BCUT2D eigenvalue weighted by atomic mass is 9.92. The molecule has 4 nitrogen and oxygen atoms in total. The van der Waals surface area contributed by atoms with Crippen LogP contribution in [0.1, 0.15) is 50.3 Å². The normalized spacial score (nSPS) is 24.0. The fourth-order valence-electron chi connectivity index (χ4n) is 3.77.